The average Bonchev–Trinajstić information content (AvgIpc) is 3.15. The number of carbonyl (C=O) groups is 2. The Hall–Kier alpha value is -1.06. The fourth-order valence-corrected chi connectivity index (χ4v) is 3.21. The van der Waals surface area contributed by atoms with Crippen LogP contribution in [0.15, 0.2) is 0 Å². The first-order valence-electron chi connectivity index (χ1n) is 6.68. The van der Waals surface area contributed by atoms with Crippen molar-refractivity contribution in [3.63, 3.8) is 0 Å². The molecule has 17 heavy (non-hydrogen) atoms. The first-order valence-corrected chi connectivity index (χ1v) is 6.68. The fourth-order valence-electron chi connectivity index (χ4n) is 3.21. The molecule has 0 aliphatic heterocycles. The number of amides is 1. The molecule has 0 aromatic carbocycles. The molecule has 94 valence electrons. The van der Waals surface area contributed by atoms with Gasteiger partial charge in [-0.15, -0.1) is 0 Å². The summed E-state index contributed by atoms with van der Waals surface area (Å²) >= 11 is 0. The SMILES string of the molecule is O=C(N[C@@H]1CC[C@H](C(=O)O)C1)C1CC1C1CC1. The van der Waals surface area contributed by atoms with Crippen molar-refractivity contribution in [1.29, 1.82) is 0 Å². The van der Waals surface area contributed by atoms with Crippen LogP contribution in [0.5, 0.6) is 0 Å². The number of hydrogen-bond donors (Lipinski definition) is 2. The Morgan fingerprint density at radius 1 is 1.06 bits per heavy atom. The maximum Gasteiger partial charge on any atom is 0.306 e. The zero-order valence-electron chi connectivity index (χ0n) is 9.89. The fraction of sp³-hybridized carbons (Fsp3) is 0.846. The van der Waals surface area contributed by atoms with Crippen LogP contribution < -0.4 is 5.32 Å². The summed E-state index contributed by atoms with van der Waals surface area (Å²) in [6.45, 7) is 0. The van der Waals surface area contributed by atoms with Gasteiger partial charge in [-0.1, -0.05) is 0 Å². The van der Waals surface area contributed by atoms with E-state index >= 15 is 0 Å². The molecule has 4 nitrogen and oxygen atoms in total. The van der Waals surface area contributed by atoms with Gasteiger partial charge in [-0.25, -0.2) is 0 Å². The highest BCUT2D eigenvalue weighted by atomic mass is 16.4. The van der Waals surface area contributed by atoms with Crippen molar-refractivity contribution < 1.29 is 14.7 Å². The summed E-state index contributed by atoms with van der Waals surface area (Å²) in [7, 11) is 0. The minimum atomic E-state index is -0.718. The molecule has 3 rings (SSSR count). The van der Waals surface area contributed by atoms with Gasteiger partial charge in [-0.05, 0) is 50.4 Å². The van der Waals surface area contributed by atoms with E-state index in [4.69, 9.17) is 5.11 Å². The molecule has 1 amide bonds. The summed E-state index contributed by atoms with van der Waals surface area (Å²) in [6, 6.07) is 0.101. The third-order valence-corrected chi connectivity index (χ3v) is 4.53. The molecule has 4 heteroatoms. The Morgan fingerprint density at radius 3 is 2.41 bits per heavy atom. The number of hydrogen-bond acceptors (Lipinski definition) is 2. The second kappa shape index (κ2) is 4.00. The largest absolute Gasteiger partial charge is 0.481 e. The molecule has 0 aromatic heterocycles. The third kappa shape index (κ3) is 2.31. The van der Waals surface area contributed by atoms with Crippen LogP contribution in [0.25, 0.3) is 0 Å². The van der Waals surface area contributed by atoms with Crippen molar-refractivity contribution in [2.24, 2.45) is 23.7 Å². The predicted octanol–water partition coefficient (Wildman–Crippen LogP) is 1.40. The monoisotopic (exact) mass is 237 g/mol. The molecule has 3 saturated carbocycles. The van der Waals surface area contributed by atoms with E-state index in [1.807, 2.05) is 0 Å². The molecule has 4 atom stereocenters. The molecular formula is C13H19NO3. The topological polar surface area (TPSA) is 66.4 Å². The van der Waals surface area contributed by atoms with Gasteiger partial charge in [-0.3, -0.25) is 9.59 Å². The van der Waals surface area contributed by atoms with Gasteiger partial charge >= 0.3 is 5.97 Å². The van der Waals surface area contributed by atoms with Crippen LogP contribution in [0.1, 0.15) is 38.5 Å². The van der Waals surface area contributed by atoms with Crippen LogP contribution >= 0.6 is 0 Å². The molecule has 3 aliphatic rings. The molecule has 0 radical (unpaired) electrons. The predicted molar refractivity (Wildman–Crippen MR) is 61.2 cm³/mol. The summed E-state index contributed by atoms with van der Waals surface area (Å²) < 4.78 is 0. The third-order valence-electron chi connectivity index (χ3n) is 4.53. The van der Waals surface area contributed by atoms with Crippen molar-refractivity contribution in [3.05, 3.63) is 0 Å². The summed E-state index contributed by atoms with van der Waals surface area (Å²) in [5.41, 5.74) is 0. The standard InChI is InChI=1S/C13H19NO3/c15-12(11-6-10(11)7-1-2-7)14-9-4-3-8(5-9)13(16)17/h7-11H,1-6H2,(H,14,15)(H,16,17)/t8-,9+,10?,11?/m0/s1. The lowest BCUT2D eigenvalue weighted by Crippen LogP contribution is -2.34. The molecule has 2 N–H and O–H groups in total. The Bertz CT molecular complexity index is 351. The molecule has 2 unspecified atom stereocenters. The van der Waals surface area contributed by atoms with E-state index in [1.165, 1.54) is 12.8 Å². The van der Waals surface area contributed by atoms with Gasteiger partial charge in [0, 0.05) is 12.0 Å². The van der Waals surface area contributed by atoms with E-state index < -0.39 is 5.97 Å². The highest BCUT2D eigenvalue weighted by Gasteiger charge is 2.51. The molecule has 0 aromatic rings. The van der Waals surface area contributed by atoms with E-state index in [2.05, 4.69) is 5.32 Å². The van der Waals surface area contributed by atoms with Crippen LogP contribution in [0.2, 0.25) is 0 Å². The first-order chi connectivity index (χ1) is 8.15. The van der Waals surface area contributed by atoms with Crippen LogP contribution in [0.4, 0.5) is 0 Å². The van der Waals surface area contributed by atoms with Crippen molar-refractivity contribution >= 4 is 11.9 Å². The second-order valence-corrected chi connectivity index (χ2v) is 5.90. The average molecular weight is 237 g/mol. The molecular weight excluding hydrogens is 218 g/mol. The number of rotatable bonds is 4. The Labute approximate surface area is 101 Å². The van der Waals surface area contributed by atoms with Crippen molar-refractivity contribution in [1.82, 2.24) is 5.32 Å². The van der Waals surface area contributed by atoms with Crippen molar-refractivity contribution in [3.8, 4) is 0 Å². The highest BCUT2D eigenvalue weighted by Crippen LogP contribution is 2.54. The summed E-state index contributed by atoms with van der Waals surface area (Å²) in [6.07, 6.45) is 5.81. The zero-order chi connectivity index (χ0) is 12.0. The molecule has 0 spiro atoms. The Morgan fingerprint density at radius 2 is 1.82 bits per heavy atom. The van der Waals surface area contributed by atoms with Crippen molar-refractivity contribution in [2.75, 3.05) is 0 Å². The van der Waals surface area contributed by atoms with E-state index in [9.17, 15) is 9.59 Å². The number of carbonyl (C=O) groups excluding carboxylic acids is 1. The van der Waals surface area contributed by atoms with E-state index in [1.54, 1.807) is 0 Å². The van der Waals surface area contributed by atoms with E-state index in [0.717, 1.165) is 18.8 Å². The summed E-state index contributed by atoms with van der Waals surface area (Å²) in [5.74, 6) is 0.917. The number of nitrogens with one attached hydrogen (secondary N) is 1. The number of carboxylic acid groups (broad SMARTS) is 1. The molecule has 3 aliphatic carbocycles. The van der Waals surface area contributed by atoms with Crippen molar-refractivity contribution in [2.45, 2.75) is 44.6 Å². The van der Waals surface area contributed by atoms with Gasteiger partial charge in [0.15, 0.2) is 0 Å². The molecule has 3 fully saturated rings. The Balaban J connectivity index is 1.45. The van der Waals surface area contributed by atoms with Gasteiger partial charge in [-0.2, -0.15) is 0 Å². The van der Waals surface area contributed by atoms with Crippen LogP contribution in [0, 0.1) is 23.7 Å². The molecule has 0 bridgehead atoms. The van der Waals surface area contributed by atoms with Crippen LogP contribution in [-0.2, 0) is 9.59 Å². The zero-order valence-corrected chi connectivity index (χ0v) is 9.89. The van der Waals surface area contributed by atoms with Gasteiger partial charge < -0.3 is 10.4 Å². The van der Waals surface area contributed by atoms with Gasteiger partial charge in [0.1, 0.15) is 0 Å². The lowest BCUT2D eigenvalue weighted by Gasteiger charge is -2.12. The number of carboxylic acids is 1. The highest BCUT2D eigenvalue weighted by molar-refractivity contribution is 5.82. The second-order valence-electron chi connectivity index (χ2n) is 5.90. The van der Waals surface area contributed by atoms with Crippen LogP contribution in [0.3, 0.4) is 0 Å². The van der Waals surface area contributed by atoms with Gasteiger partial charge in [0.2, 0.25) is 5.91 Å². The quantitative estimate of drug-likeness (QED) is 0.776. The maximum atomic E-state index is 11.9. The Kier molecular flexibility index (Phi) is 2.60. The first kappa shape index (κ1) is 11.1. The van der Waals surface area contributed by atoms with Gasteiger partial charge in [0.05, 0.1) is 5.92 Å². The number of aliphatic carboxylic acids is 1. The molecule has 0 saturated heterocycles. The minimum Gasteiger partial charge on any atom is -0.481 e. The smallest absolute Gasteiger partial charge is 0.306 e. The summed E-state index contributed by atoms with van der Waals surface area (Å²) in [4.78, 5) is 22.7. The van der Waals surface area contributed by atoms with Crippen LogP contribution in [-0.4, -0.2) is 23.0 Å². The lowest BCUT2D eigenvalue weighted by molar-refractivity contribution is -0.141. The normalized spacial score (nSPS) is 40.0. The maximum absolute atomic E-state index is 11.9. The minimum absolute atomic E-state index is 0.101. The van der Waals surface area contributed by atoms with E-state index in [0.29, 0.717) is 18.8 Å². The molecule has 0 heterocycles. The van der Waals surface area contributed by atoms with E-state index in [-0.39, 0.29) is 23.8 Å². The lowest BCUT2D eigenvalue weighted by atomic mass is 10.1. The summed E-state index contributed by atoms with van der Waals surface area (Å²) in [5, 5.41) is 11.9. The van der Waals surface area contributed by atoms with Gasteiger partial charge in [0.25, 0.3) is 0 Å².